The molecule has 0 unspecified atom stereocenters. The Hall–Kier alpha value is -1.68. The van der Waals surface area contributed by atoms with Crippen molar-refractivity contribution in [2.45, 2.75) is 19.8 Å². The average Bonchev–Trinajstić information content (AvgIpc) is 2.46. The van der Waals surface area contributed by atoms with Crippen molar-refractivity contribution in [3.05, 3.63) is 58.2 Å². The van der Waals surface area contributed by atoms with Gasteiger partial charge in [-0.15, -0.1) is 0 Å². The van der Waals surface area contributed by atoms with Crippen molar-refractivity contribution in [3.63, 3.8) is 0 Å². The third-order valence-corrected chi connectivity index (χ3v) is 3.65. The van der Waals surface area contributed by atoms with Gasteiger partial charge in [-0.2, -0.15) is 0 Å². The lowest BCUT2D eigenvalue weighted by Gasteiger charge is -2.16. The molecule has 1 aromatic carbocycles. The van der Waals surface area contributed by atoms with Crippen LogP contribution in [0.5, 0.6) is 0 Å². The standard InChI is InChI=1S/C16H17BrN2O/c1-11(2)12-4-6-13(7-5-12)16(20)19(3)15-9-8-14(17)10-18-15/h4-11H,1-3H3. The van der Waals surface area contributed by atoms with Crippen LogP contribution in [0, 0.1) is 0 Å². The van der Waals surface area contributed by atoms with E-state index in [4.69, 9.17) is 0 Å². The van der Waals surface area contributed by atoms with Crippen LogP contribution in [-0.2, 0) is 0 Å². The predicted molar refractivity (Wildman–Crippen MR) is 85.2 cm³/mol. The van der Waals surface area contributed by atoms with Gasteiger partial charge in [0, 0.05) is 23.3 Å². The molecule has 4 heteroatoms. The van der Waals surface area contributed by atoms with Crippen molar-refractivity contribution >= 4 is 27.7 Å². The number of rotatable bonds is 3. The fraction of sp³-hybridized carbons (Fsp3) is 0.250. The van der Waals surface area contributed by atoms with E-state index in [0.29, 0.717) is 17.3 Å². The molecule has 20 heavy (non-hydrogen) atoms. The fourth-order valence-electron chi connectivity index (χ4n) is 1.87. The quantitative estimate of drug-likeness (QED) is 0.841. The zero-order valence-electron chi connectivity index (χ0n) is 11.8. The first kappa shape index (κ1) is 14.7. The van der Waals surface area contributed by atoms with Gasteiger partial charge in [-0.25, -0.2) is 4.98 Å². The maximum absolute atomic E-state index is 12.4. The summed E-state index contributed by atoms with van der Waals surface area (Å²) in [5.74, 6) is 1.03. The number of amides is 1. The van der Waals surface area contributed by atoms with Crippen LogP contribution in [0.2, 0.25) is 0 Å². The molecule has 2 rings (SSSR count). The Kier molecular flexibility index (Phi) is 4.55. The second-order valence-electron chi connectivity index (χ2n) is 4.98. The van der Waals surface area contributed by atoms with Crippen molar-refractivity contribution in [3.8, 4) is 0 Å². The number of hydrogen-bond donors (Lipinski definition) is 0. The molecular formula is C16H17BrN2O. The van der Waals surface area contributed by atoms with Crippen molar-refractivity contribution < 1.29 is 4.79 Å². The van der Waals surface area contributed by atoms with E-state index in [-0.39, 0.29) is 5.91 Å². The maximum Gasteiger partial charge on any atom is 0.259 e. The SMILES string of the molecule is CC(C)c1ccc(C(=O)N(C)c2ccc(Br)cn2)cc1. The first-order valence-electron chi connectivity index (χ1n) is 6.48. The van der Waals surface area contributed by atoms with Gasteiger partial charge < -0.3 is 0 Å². The number of anilines is 1. The topological polar surface area (TPSA) is 33.2 Å². The largest absolute Gasteiger partial charge is 0.296 e. The van der Waals surface area contributed by atoms with Crippen LogP contribution in [0.1, 0.15) is 35.7 Å². The highest BCUT2D eigenvalue weighted by Gasteiger charge is 2.14. The first-order valence-corrected chi connectivity index (χ1v) is 7.28. The second-order valence-corrected chi connectivity index (χ2v) is 5.89. The van der Waals surface area contributed by atoms with Crippen LogP contribution >= 0.6 is 15.9 Å². The summed E-state index contributed by atoms with van der Waals surface area (Å²) in [6.45, 7) is 4.27. The lowest BCUT2D eigenvalue weighted by Crippen LogP contribution is -2.26. The second kappa shape index (κ2) is 6.18. The molecule has 0 saturated heterocycles. The number of pyridine rings is 1. The van der Waals surface area contributed by atoms with Gasteiger partial charge in [-0.1, -0.05) is 26.0 Å². The number of halogens is 1. The minimum atomic E-state index is -0.0601. The average molecular weight is 333 g/mol. The molecule has 1 amide bonds. The molecule has 0 atom stereocenters. The highest BCUT2D eigenvalue weighted by Crippen LogP contribution is 2.18. The van der Waals surface area contributed by atoms with Crippen LogP contribution in [0.25, 0.3) is 0 Å². The van der Waals surface area contributed by atoms with Gasteiger partial charge in [0.15, 0.2) is 0 Å². The van der Waals surface area contributed by atoms with Crippen LogP contribution < -0.4 is 4.90 Å². The molecule has 2 aromatic rings. The minimum Gasteiger partial charge on any atom is -0.296 e. The Morgan fingerprint density at radius 2 is 1.80 bits per heavy atom. The molecule has 0 radical (unpaired) electrons. The number of aromatic nitrogens is 1. The Morgan fingerprint density at radius 3 is 2.30 bits per heavy atom. The Balaban J connectivity index is 2.20. The molecule has 0 saturated carbocycles. The van der Waals surface area contributed by atoms with E-state index < -0.39 is 0 Å². The first-order chi connectivity index (χ1) is 9.49. The van der Waals surface area contributed by atoms with E-state index in [1.54, 1.807) is 18.1 Å². The molecule has 0 aliphatic heterocycles. The summed E-state index contributed by atoms with van der Waals surface area (Å²) >= 11 is 3.33. The van der Waals surface area contributed by atoms with Crippen LogP contribution in [0.3, 0.4) is 0 Å². The summed E-state index contributed by atoms with van der Waals surface area (Å²) in [7, 11) is 1.73. The van der Waals surface area contributed by atoms with Crippen LogP contribution in [0.15, 0.2) is 47.1 Å². The van der Waals surface area contributed by atoms with Crippen molar-refractivity contribution in [1.29, 1.82) is 0 Å². The molecule has 1 heterocycles. The molecule has 104 valence electrons. The molecule has 1 aromatic heterocycles. The zero-order chi connectivity index (χ0) is 14.7. The lowest BCUT2D eigenvalue weighted by atomic mass is 10.0. The number of carbonyl (C=O) groups is 1. The number of hydrogen-bond acceptors (Lipinski definition) is 2. The van der Waals surface area contributed by atoms with E-state index in [0.717, 1.165) is 4.47 Å². The third-order valence-electron chi connectivity index (χ3n) is 3.18. The number of benzene rings is 1. The van der Waals surface area contributed by atoms with Gasteiger partial charge in [0.2, 0.25) is 0 Å². The molecule has 0 spiro atoms. The van der Waals surface area contributed by atoms with Crippen LogP contribution in [-0.4, -0.2) is 17.9 Å². The van der Waals surface area contributed by atoms with Gasteiger partial charge in [-0.3, -0.25) is 9.69 Å². The Bertz CT molecular complexity index is 591. The minimum absolute atomic E-state index is 0.0601. The van der Waals surface area contributed by atoms with Crippen LogP contribution in [0.4, 0.5) is 5.82 Å². The van der Waals surface area contributed by atoms with E-state index in [1.807, 2.05) is 36.4 Å². The zero-order valence-corrected chi connectivity index (χ0v) is 13.4. The highest BCUT2D eigenvalue weighted by atomic mass is 79.9. The third kappa shape index (κ3) is 3.25. The smallest absolute Gasteiger partial charge is 0.259 e. The molecule has 0 fully saturated rings. The molecule has 0 bridgehead atoms. The van der Waals surface area contributed by atoms with Gasteiger partial charge in [0.1, 0.15) is 5.82 Å². The summed E-state index contributed by atoms with van der Waals surface area (Å²) < 4.78 is 0.892. The van der Waals surface area contributed by atoms with Gasteiger partial charge in [0.05, 0.1) is 0 Å². The molecule has 3 nitrogen and oxygen atoms in total. The van der Waals surface area contributed by atoms with Gasteiger partial charge in [0.25, 0.3) is 5.91 Å². The monoisotopic (exact) mass is 332 g/mol. The summed E-state index contributed by atoms with van der Waals surface area (Å²) in [5.41, 5.74) is 1.90. The van der Waals surface area contributed by atoms with E-state index in [2.05, 4.69) is 34.8 Å². The Morgan fingerprint density at radius 1 is 1.15 bits per heavy atom. The molecule has 0 aliphatic carbocycles. The van der Waals surface area contributed by atoms with Gasteiger partial charge >= 0.3 is 0 Å². The molecular weight excluding hydrogens is 316 g/mol. The van der Waals surface area contributed by atoms with Gasteiger partial charge in [-0.05, 0) is 51.7 Å². The summed E-state index contributed by atoms with van der Waals surface area (Å²) in [5, 5.41) is 0. The lowest BCUT2D eigenvalue weighted by molar-refractivity contribution is 0.0992. The predicted octanol–water partition coefficient (Wildman–Crippen LogP) is 4.24. The van der Waals surface area contributed by atoms with E-state index in [1.165, 1.54) is 5.56 Å². The van der Waals surface area contributed by atoms with E-state index in [9.17, 15) is 4.79 Å². The fourth-order valence-corrected chi connectivity index (χ4v) is 2.11. The number of nitrogens with zero attached hydrogens (tertiary/aromatic N) is 2. The van der Waals surface area contributed by atoms with Crippen molar-refractivity contribution in [1.82, 2.24) is 4.98 Å². The van der Waals surface area contributed by atoms with Crippen molar-refractivity contribution in [2.24, 2.45) is 0 Å². The normalized spacial score (nSPS) is 10.7. The summed E-state index contributed by atoms with van der Waals surface area (Å²) in [4.78, 5) is 18.2. The van der Waals surface area contributed by atoms with Crippen molar-refractivity contribution in [2.75, 3.05) is 11.9 Å². The highest BCUT2D eigenvalue weighted by molar-refractivity contribution is 9.10. The summed E-state index contributed by atoms with van der Waals surface area (Å²) in [6.07, 6.45) is 1.68. The number of carbonyl (C=O) groups excluding carboxylic acids is 1. The molecule has 0 N–H and O–H groups in total. The maximum atomic E-state index is 12.4. The summed E-state index contributed by atoms with van der Waals surface area (Å²) in [6, 6.07) is 11.4. The van der Waals surface area contributed by atoms with E-state index >= 15 is 0 Å². The Labute approximate surface area is 127 Å². The molecule has 0 aliphatic rings.